The average Bonchev–Trinajstić information content (AvgIpc) is 2.31. The molecule has 1 aromatic rings. The summed E-state index contributed by atoms with van der Waals surface area (Å²) in [6.07, 6.45) is 1.04. The fraction of sp³-hybridized carbons (Fsp3) is 0.417. The van der Waals surface area contributed by atoms with Crippen LogP contribution in [0.1, 0.15) is 17.9 Å². The van der Waals surface area contributed by atoms with Gasteiger partial charge >= 0.3 is 0 Å². The number of hydrogen-bond donors (Lipinski definition) is 2. The van der Waals surface area contributed by atoms with Crippen LogP contribution in [-0.4, -0.2) is 19.0 Å². The Balaban J connectivity index is 2.10. The number of fused-ring (bicyclic) bond motifs is 3. The molecule has 0 saturated carbocycles. The molecule has 2 heterocycles. The lowest BCUT2D eigenvalue weighted by Gasteiger charge is -2.37. The van der Waals surface area contributed by atoms with Gasteiger partial charge in [-0.05, 0) is 46.4 Å². The van der Waals surface area contributed by atoms with Crippen LogP contribution in [0.2, 0.25) is 0 Å². The van der Waals surface area contributed by atoms with Crippen molar-refractivity contribution >= 4 is 27.5 Å². The Kier molecular flexibility index (Phi) is 2.48. The van der Waals surface area contributed by atoms with Crippen LogP contribution in [0.4, 0.5) is 5.69 Å². The van der Waals surface area contributed by atoms with Gasteiger partial charge in [-0.1, -0.05) is 12.1 Å². The highest BCUT2D eigenvalue weighted by molar-refractivity contribution is 9.10. The van der Waals surface area contributed by atoms with Crippen LogP contribution in [0.15, 0.2) is 22.7 Å². The van der Waals surface area contributed by atoms with Crippen molar-refractivity contribution in [3.8, 4) is 0 Å². The molecule has 3 rings (SSSR count). The monoisotopic (exact) mass is 280 g/mol. The molecule has 2 unspecified atom stereocenters. The number of anilines is 1. The first-order valence-electron chi connectivity index (χ1n) is 5.57. The van der Waals surface area contributed by atoms with E-state index in [0.29, 0.717) is 5.92 Å². The standard InChI is InChI=1S/C12H13BrN2O/c13-10-3-1-2-8-7-4-5-14-6-9(7)12(16)15-11(8)10/h1-3,7,9,14H,4-6H2,(H,15,16). The quantitative estimate of drug-likeness (QED) is 0.764. The van der Waals surface area contributed by atoms with Crippen LogP contribution < -0.4 is 10.6 Å². The van der Waals surface area contributed by atoms with Gasteiger partial charge in [-0.2, -0.15) is 0 Å². The van der Waals surface area contributed by atoms with Gasteiger partial charge in [0.05, 0.1) is 11.6 Å². The predicted molar refractivity (Wildman–Crippen MR) is 66.5 cm³/mol. The molecule has 1 aromatic carbocycles. The van der Waals surface area contributed by atoms with E-state index < -0.39 is 0 Å². The number of amides is 1. The number of piperidine rings is 1. The molecule has 0 aromatic heterocycles. The topological polar surface area (TPSA) is 41.1 Å². The molecule has 1 saturated heterocycles. The van der Waals surface area contributed by atoms with E-state index in [0.717, 1.165) is 29.7 Å². The van der Waals surface area contributed by atoms with Crippen LogP contribution >= 0.6 is 15.9 Å². The Morgan fingerprint density at radius 3 is 3.06 bits per heavy atom. The SMILES string of the molecule is O=C1Nc2c(Br)cccc2C2CCNCC12. The van der Waals surface area contributed by atoms with E-state index in [1.54, 1.807) is 0 Å². The van der Waals surface area contributed by atoms with Gasteiger partial charge in [-0.3, -0.25) is 4.79 Å². The Morgan fingerprint density at radius 2 is 2.19 bits per heavy atom. The summed E-state index contributed by atoms with van der Waals surface area (Å²) in [5.74, 6) is 0.620. The summed E-state index contributed by atoms with van der Waals surface area (Å²) in [5.41, 5.74) is 2.25. The van der Waals surface area contributed by atoms with E-state index >= 15 is 0 Å². The minimum atomic E-state index is 0.0931. The lowest BCUT2D eigenvalue weighted by molar-refractivity contribution is -0.121. The molecule has 84 valence electrons. The first-order chi connectivity index (χ1) is 7.77. The molecule has 4 heteroatoms. The molecule has 2 aliphatic rings. The third-order valence-electron chi connectivity index (χ3n) is 3.51. The van der Waals surface area contributed by atoms with Gasteiger partial charge in [0.1, 0.15) is 0 Å². The molecule has 2 atom stereocenters. The number of nitrogens with one attached hydrogen (secondary N) is 2. The highest BCUT2D eigenvalue weighted by Gasteiger charge is 2.37. The molecular formula is C12H13BrN2O. The van der Waals surface area contributed by atoms with Gasteiger partial charge in [0.25, 0.3) is 0 Å². The van der Waals surface area contributed by atoms with Crippen LogP contribution in [0.3, 0.4) is 0 Å². The lowest BCUT2D eigenvalue weighted by Crippen LogP contribution is -2.45. The Hall–Kier alpha value is -0.870. The summed E-state index contributed by atoms with van der Waals surface area (Å²) in [7, 11) is 0. The van der Waals surface area contributed by atoms with Crippen molar-refractivity contribution in [3.63, 3.8) is 0 Å². The van der Waals surface area contributed by atoms with Crippen LogP contribution in [0.25, 0.3) is 0 Å². The maximum atomic E-state index is 12.0. The highest BCUT2D eigenvalue weighted by Crippen LogP contribution is 2.42. The molecule has 0 bridgehead atoms. The minimum Gasteiger partial charge on any atom is -0.325 e. The third-order valence-corrected chi connectivity index (χ3v) is 4.17. The van der Waals surface area contributed by atoms with E-state index in [9.17, 15) is 4.79 Å². The molecule has 3 nitrogen and oxygen atoms in total. The van der Waals surface area contributed by atoms with Crippen LogP contribution in [0, 0.1) is 5.92 Å². The summed E-state index contributed by atoms with van der Waals surface area (Å²) in [6.45, 7) is 1.79. The van der Waals surface area contributed by atoms with Gasteiger partial charge in [0.2, 0.25) is 5.91 Å². The number of carbonyl (C=O) groups is 1. The van der Waals surface area contributed by atoms with Gasteiger partial charge in [-0.15, -0.1) is 0 Å². The zero-order valence-corrected chi connectivity index (χ0v) is 10.4. The normalized spacial score (nSPS) is 27.9. The molecule has 0 radical (unpaired) electrons. The second kappa shape index (κ2) is 3.86. The summed E-state index contributed by atoms with van der Waals surface area (Å²) < 4.78 is 0.982. The second-order valence-electron chi connectivity index (χ2n) is 4.40. The molecule has 16 heavy (non-hydrogen) atoms. The summed E-state index contributed by atoms with van der Waals surface area (Å²) in [6, 6.07) is 6.14. The molecular weight excluding hydrogens is 268 g/mol. The molecule has 0 aliphatic carbocycles. The van der Waals surface area contributed by atoms with E-state index in [2.05, 4.69) is 32.6 Å². The lowest BCUT2D eigenvalue weighted by atomic mass is 9.77. The van der Waals surface area contributed by atoms with E-state index in [-0.39, 0.29) is 11.8 Å². The largest absolute Gasteiger partial charge is 0.325 e. The Bertz CT molecular complexity index is 447. The van der Waals surface area contributed by atoms with Crippen molar-refractivity contribution in [1.82, 2.24) is 5.32 Å². The van der Waals surface area contributed by atoms with E-state index in [1.807, 2.05) is 12.1 Å². The minimum absolute atomic E-state index is 0.0931. The number of rotatable bonds is 0. The number of benzene rings is 1. The maximum Gasteiger partial charge on any atom is 0.229 e. The second-order valence-corrected chi connectivity index (χ2v) is 5.25. The maximum absolute atomic E-state index is 12.0. The Labute approximate surface area is 103 Å². The number of para-hydroxylation sites is 1. The fourth-order valence-corrected chi connectivity index (χ4v) is 3.18. The van der Waals surface area contributed by atoms with Crippen LogP contribution in [0.5, 0.6) is 0 Å². The van der Waals surface area contributed by atoms with Crippen molar-refractivity contribution in [2.75, 3.05) is 18.4 Å². The number of carbonyl (C=O) groups excluding carboxylic acids is 1. The van der Waals surface area contributed by atoms with Crippen molar-refractivity contribution in [2.24, 2.45) is 5.92 Å². The van der Waals surface area contributed by atoms with E-state index in [1.165, 1.54) is 5.56 Å². The van der Waals surface area contributed by atoms with Crippen molar-refractivity contribution in [3.05, 3.63) is 28.2 Å². The summed E-state index contributed by atoms with van der Waals surface area (Å²) >= 11 is 3.50. The van der Waals surface area contributed by atoms with Gasteiger partial charge in [0.15, 0.2) is 0 Å². The third kappa shape index (κ3) is 1.48. The van der Waals surface area contributed by atoms with Crippen molar-refractivity contribution < 1.29 is 4.79 Å². The average molecular weight is 281 g/mol. The smallest absolute Gasteiger partial charge is 0.229 e. The molecule has 1 fully saturated rings. The molecule has 0 spiro atoms. The number of hydrogen-bond acceptors (Lipinski definition) is 2. The molecule has 2 N–H and O–H groups in total. The van der Waals surface area contributed by atoms with Gasteiger partial charge < -0.3 is 10.6 Å². The molecule has 1 amide bonds. The zero-order chi connectivity index (χ0) is 11.1. The summed E-state index contributed by atoms with van der Waals surface area (Å²) in [5, 5.41) is 6.29. The highest BCUT2D eigenvalue weighted by atomic mass is 79.9. The van der Waals surface area contributed by atoms with Crippen LogP contribution in [-0.2, 0) is 4.79 Å². The summed E-state index contributed by atoms with van der Waals surface area (Å²) in [4.78, 5) is 12.0. The predicted octanol–water partition coefficient (Wildman–Crippen LogP) is 2.09. The molecule has 2 aliphatic heterocycles. The first-order valence-corrected chi connectivity index (χ1v) is 6.36. The Morgan fingerprint density at radius 1 is 1.31 bits per heavy atom. The van der Waals surface area contributed by atoms with Gasteiger partial charge in [0, 0.05) is 11.0 Å². The first kappa shape index (κ1) is 10.3. The van der Waals surface area contributed by atoms with E-state index in [4.69, 9.17) is 0 Å². The zero-order valence-electron chi connectivity index (χ0n) is 8.79. The van der Waals surface area contributed by atoms with Gasteiger partial charge in [-0.25, -0.2) is 0 Å². The van der Waals surface area contributed by atoms with Crippen molar-refractivity contribution in [2.45, 2.75) is 12.3 Å². The number of halogens is 1. The fourth-order valence-electron chi connectivity index (χ4n) is 2.70. The van der Waals surface area contributed by atoms with Crippen molar-refractivity contribution in [1.29, 1.82) is 0 Å².